The van der Waals surface area contributed by atoms with Gasteiger partial charge in [-0.3, -0.25) is 4.79 Å². The van der Waals surface area contributed by atoms with Crippen molar-refractivity contribution < 1.29 is 13.9 Å². The van der Waals surface area contributed by atoms with Crippen molar-refractivity contribution >= 4 is 17.2 Å². The van der Waals surface area contributed by atoms with Crippen molar-refractivity contribution in [3.05, 3.63) is 45.7 Å². The van der Waals surface area contributed by atoms with Crippen LogP contribution in [0.25, 0.3) is 0 Å². The molecule has 0 saturated heterocycles. The van der Waals surface area contributed by atoms with Crippen LogP contribution in [-0.2, 0) is 6.42 Å². The van der Waals surface area contributed by atoms with E-state index in [0.29, 0.717) is 36.1 Å². The van der Waals surface area contributed by atoms with Crippen molar-refractivity contribution in [1.82, 2.24) is 10.3 Å². The predicted octanol–water partition coefficient (Wildman–Crippen LogP) is 3.99. The van der Waals surface area contributed by atoms with Crippen LogP contribution < -0.4 is 10.1 Å². The average Bonchev–Trinajstić information content (AvgIpc) is 2.88. The molecule has 2 aromatic rings. The van der Waals surface area contributed by atoms with Gasteiger partial charge in [-0.1, -0.05) is 13.8 Å². The number of halogens is 1. The monoisotopic (exact) mass is 350 g/mol. The van der Waals surface area contributed by atoms with Crippen LogP contribution >= 0.6 is 11.3 Å². The Kier molecular flexibility index (Phi) is 6.73. The molecule has 0 bridgehead atoms. The largest absolute Gasteiger partial charge is 0.494 e. The number of hydrogen-bond acceptors (Lipinski definition) is 4. The molecule has 0 aliphatic rings. The molecular weight excluding hydrogens is 327 g/mol. The second-order valence-electron chi connectivity index (χ2n) is 6.03. The zero-order valence-electron chi connectivity index (χ0n) is 14.3. The van der Waals surface area contributed by atoms with E-state index in [2.05, 4.69) is 24.1 Å². The minimum Gasteiger partial charge on any atom is -0.494 e. The van der Waals surface area contributed by atoms with Crippen LogP contribution in [0.3, 0.4) is 0 Å². The lowest BCUT2D eigenvalue weighted by atomic mass is 10.1. The summed E-state index contributed by atoms with van der Waals surface area (Å²) in [6.07, 6.45) is 1.57. The van der Waals surface area contributed by atoms with Gasteiger partial charge in [0.15, 0.2) is 0 Å². The Morgan fingerprint density at radius 2 is 2.04 bits per heavy atom. The summed E-state index contributed by atoms with van der Waals surface area (Å²) in [5.74, 6) is 0.780. The minimum absolute atomic E-state index is 0.0817. The van der Waals surface area contributed by atoms with Gasteiger partial charge in [0.05, 0.1) is 17.3 Å². The Labute approximate surface area is 146 Å². The number of aromatic nitrogens is 1. The molecule has 4 nitrogen and oxygen atoms in total. The molecule has 24 heavy (non-hydrogen) atoms. The third-order valence-electron chi connectivity index (χ3n) is 3.32. The molecule has 0 aliphatic carbocycles. The van der Waals surface area contributed by atoms with Gasteiger partial charge >= 0.3 is 0 Å². The van der Waals surface area contributed by atoms with Gasteiger partial charge in [-0.25, -0.2) is 9.37 Å². The Morgan fingerprint density at radius 3 is 2.71 bits per heavy atom. The topological polar surface area (TPSA) is 51.2 Å². The average molecular weight is 350 g/mol. The molecule has 0 radical (unpaired) electrons. The molecule has 6 heteroatoms. The number of hydrogen-bond donors (Lipinski definition) is 1. The first-order valence-corrected chi connectivity index (χ1v) is 8.90. The third-order valence-corrected chi connectivity index (χ3v) is 4.50. The lowest BCUT2D eigenvalue weighted by molar-refractivity contribution is 0.0955. The van der Waals surface area contributed by atoms with Crippen LogP contribution in [0, 0.1) is 18.7 Å². The molecule has 0 atom stereocenters. The standard InChI is InChI=1S/C18H23FN2O2S/c1-12(2)11-16-21-13(3)17(24-16)18(22)20-9-4-10-23-15-7-5-14(19)6-8-15/h5-8,12H,4,9-11H2,1-3H3,(H,20,22). The van der Waals surface area contributed by atoms with Gasteiger partial charge in [0.2, 0.25) is 0 Å². The molecule has 2 rings (SSSR count). The number of aryl methyl sites for hydroxylation is 1. The number of amides is 1. The van der Waals surface area contributed by atoms with Gasteiger partial charge in [-0.15, -0.1) is 11.3 Å². The third kappa shape index (κ3) is 5.60. The van der Waals surface area contributed by atoms with Crippen molar-refractivity contribution in [3.8, 4) is 5.75 Å². The lowest BCUT2D eigenvalue weighted by Crippen LogP contribution is -2.25. The molecule has 1 heterocycles. The summed E-state index contributed by atoms with van der Waals surface area (Å²) in [6.45, 7) is 7.13. The minimum atomic E-state index is -0.286. The number of carbonyl (C=O) groups is 1. The fourth-order valence-corrected chi connectivity index (χ4v) is 3.37. The van der Waals surface area contributed by atoms with Crippen molar-refractivity contribution in [2.75, 3.05) is 13.2 Å². The van der Waals surface area contributed by atoms with Crippen LogP contribution in [0.15, 0.2) is 24.3 Å². The molecule has 1 aromatic heterocycles. The van der Waals surface area contributed by atoms with E-state index in [1.54, 1.807) is 12.1 Å². The Bertz CT molecular complexity index is 668. The summed E-state index contributed by atoms with van der Waals surface area (Å²) >= 11 is 1.47. The van der Waals surface area contributed by atoms with Gasteiger partial charge in [0.1, 0.15) is 16.4 Å². The molecule has 1 aromatic carbocycles. The van der Waals surface area contributed by atoms with Crippen molar-refractivity contribution in [2.45, 2.75) is 33.6 Å². The van der Waals surface area contributed by atoms with E-state index in [9.17, 15) is 9.18 Å². The maximum absolute atomic E-state index is 12.8. The van der Waals surface area contributed by atoms with Crippen LogP contribution in [0.5, 0.6) is 5.75 Å². The number of ether oxygens (including phenoxy) is 1. The van der Waals surface area contributed by atoms with Crippen molar-refractivity contribution in [1.29, 1.82) is 0 Å². The fourth-order valence-electron chi connectivity index (χ4n) is 2.17. The van der Waals surface area contributed by atoms with E-state index in [1.165, 1.54) is 23.5 Å². The van der Waals surface area contributed by atoms with E-state index in [1.807, 2.05) is 6.92 Å². The van der Waals surface area contributed by atoms with Crippen molar-refractivity contribution in [3.63, 3.8) is 0 Å². The Morgan fingerprint density at radius 1 is 1.33 bits per heavy atom. The smallest absolute Gasteiger partial charge is 0.263 e. The first-order valence-electron chi connectivity index (χ1n) is 8.08. The van der Waals surface area contributed by atoms with Crippen molar-refractivity contribution in [2.24, 2.45) is 5.92 Å². The highest BCUT2D eigenvalue weighted by molar-refractivity contribution is 7.13. The first-order chi connectivity index (χ1) is 11.5. The van der Waals surface area contributed by atoms with E-state index < -0.39 is 0 Å². The molecule has 1 amide bonds. The molecule has 0 saturated carbocycles. The van der Waals surface area contributed by atoms with Crippen LogP contribution in [0.2, 0.25) is 0 Å². The van der Waals surface area contributed by atoms with Gasteiger partial charge in [0, 0.05) is 13.0 Å². The van der Waals surface area contributed by atoms with Crippen LogP contribution in [0.4, 0.5) is 4.39 Å². The zero-order valence-corrected chi connectivity index (χ0v) is 15.1. The fraction of sp³-hybridized carbons (Fsp3) is 0.444. The van der Waals surface area contributed by atoms with E-state index in [-0.39, 0.29) is 11.7 Å². The molecule has 0 spiro atoms. The van der Waals surface area contributed by atoms with E-state index in [4.69, 9.17) is 4.74 Å². The van der Waals surface area contributed by atoms with Gasteiger partial charge in [-0.05, 0) is 43.5 Å². The summed E-state index contributed by atoms with van der Waals surface area (Å²) in [7, 11) is 0. The van der Waals surface area contributed by atoms with E-state index in [0.717, 1.165) is 17.1 Å². The quantitative estimate of drug-likeness (QED) is 0.733. The van der Waals surface area contributed by atoms with Gasteiger partial charge in [-0.2, -0.15) is 0 Å². The summed E-state index contributed by atoms with van der Waals surface area (Å²) in [5, 5.41) is 3.90. The molecular formula is C18H23FN2O2S. The maximum Gasteiger partial charge on any atom is 0.263 e. The highest BCUT2D eigenvalue weighted by Crippen LogP contribution is 2.20. The van der Waals surface area contributed by atoms with E-state index >= 15 is 0 Å². The second-order valence-corrected chi connectivity index (χ2v) is 7.12. The number of benzene rings is 1. The summed E-state index contributed by atoms with van der Waals surface area (Å²) in [6, 6.07) is 5.90. The summed E-state index contributed by atoms with van der Waals surface area (Å²) in [5.41, 5.74) is 0.788. The molecule has 130 valence electrons. The maximum atomic E-state index is 12.8. The molecule has 1 N–H and O–H groups in total. The molecule has 0 unspecified atom stereocenters. The normalized spacial score (nSPS) is 10.9. The summed E-state index contributed by atoms with van der Waals surface area (Å²) < 4.78 is 18.3. The molecule has 0 aliphatic heterocycles. The Hall–Kier alpha value is -1.95. The number of thiazole rings is 1. The first kappa shape index (κ1) is 18.4. The number of nitrogens with zero attached hydrogens (tertiary/aromatic N) is 1. The predicted molar refractivity (Wildman–Crippen MR) is 94.2 cm³/mol. The summed E-state index contributed by atoms with van der Waals surface area (Å²) in [4.78, 5) is 17.4. The second kappa shape index (κ2) is 8.78. The lowest BCUT2D eigenvalue weighted by Gasteiger charge is -2.07. The highest BCUT2D eigenvalue weighted by Gasteiger charge is 2.15. The van der Waals surface area contributed by atoms with Gasteiger partial charge in [0.25, 0.3) is 5.91 Å². The number of rotatable bonds is 8. The Balaban J connectivity index is 1.73. The zero-order chi connectivity index (χ0) is 17.5. The van der Waals surface area contributed by atoms with Crippen LogP contribution in [0.1, 0.15) is 40.6 Å². The van der Waals surface area contributed by atoms with Crippen LogP contribution in [-0.4, -0.2) is 24.0 Å². The molecule has 0 fully saturated rings. The number of nitrogens with one attached hydrogen (secondary N) is 1. The number of carbonyl (C=O) groups excluding carboxylic acids is 1. The highest BCUT2D eigenvalue weighted by atomic mass is 32.1. The SMILES string of the molecule is Cc1nc(CC(C)C)sc1C(=O)NCCCOc1ccc(F)cc1. The van der Waals surface area contributed by atoms with Gasteiger partial charge < -0.3 is 10.1 Å².